The van der Waals surface area contributed by atoms with Crippen LogP contribution in [0.1, 0.15) is 12.5 Å². The fourth-order valence-electron chi connectivity index (χ4n) is 2.96. The lowest BCUT2D eigenvalue weighted by Gasteiger charge is -2.07. The molecular weight excluding hydrogens is 401 g/mol. The van der Waals surface area contributed by atoms with Crippen LogP contribution in [0.4, 0.5) is 10.2 Å². The molecule has 158 valence electrons. The van der Waals surface area contributed by atoms with E-state index in [1.54, 1.807) is 41.1 Å². The summed E-state index contributed by atoms with van der Waals surface area (Å²) in [4.78, 5) is 20.6. The van der Waals surface area contributed by atoms with Crippen LogP contribution >= 0.6 is 0 Å². The fourth-order valence-corrected chi connectivity index (χ4v) is 2.96. The molecule has 0 saturated carbocycles. The number of hydrogen-bond acceptors (Lipinski definition) is 7. The van der Waals surface area contributed by atoms with E-state index >= 15 is 0 Å². The number of likely N-dealkylation sites (N-methyl/N-ethyl adjacent to an activating group) is 1. The van der Waals surface area contributed by atoms with Crippen LogP contribution < -0.4 is 10.6 Å². The van der Waals surface area contributed by atoms with Crippen molar-refractivity contribution >= 4 is 11.7 Å². The van der Waals surface area contributed by atoms with Gasteiger partial charge in [-0.15, -0.1) is 0 Å². The lowest BCUT2D eigenvalue weighted by atomic mass is 10.2. The van der Waals surface area contributed by atoms with Crippen molar-refractivity contribution in [2.45, 2.75) is 13.5 Å². The van der Waals surface area contributed by atoms with E-state index in [1.165, 1.54) is 18.5 Å². The first-order chi connectivity index (χ1) is 15.1. The Hall–Kier alpha value is -3.92. The highest BCUT2D eigenvalue weighted by Crippen LogP contribution is 2.25. The number of aromatic nitrogens is 5. The third kappa shape index (κ3) is 4.81. The van der Waals surface area contributed by atoms with E-state index in [-0.39, 0.29) is 24.8 Å². The van der Waals surface area contributed by atoms with E-state index in [1.807, 2.05) is 6.92 Å². The molecule has 3 aromatic heterocycles. The number of hydrogen-bond donors (Lipinski definition) is 2. The molecule has 10 heteroatoms. The Labute approximate surface area is 177 Å². The van der Waals surface area contributed by atoms with E-state index in [2.05, 4.69) is 30.9 Å². The molecule has 31 heavy (non-hydrogen) atoms. The lowest BCUT2D eigenvalue weighted by molar-refractivity contribution is -0.115. The van der Waals surface area contributed by atoms with Crippen molar-refractivity contribution in [1.82, 2.24) is 30.2 Å². The van der Waals surface area contributed by atoms with Crippen molar-refractivity contribution < 1.29 is 13.7 Å². The third-order valence-corrected chi connectivity index (χ3v) is 4.45. The number of benzene rings is 1. The number of amides is 1. The highest BCUT2D eigenvalue weighted by atomic mass is 19.1. The van der Waals surface area contributed by atoms with E-state index in [4.69, 9.17) is 4.52 Å². The molecule has 0 aliphatic rings. The predicted octanol–water partition coefficient (Wildman–Crippen LogP) is 2.73. The average molecular weight is 421 g/mol. The zero-order chi connectivity index (χ0) is 21.6. The molecule has 3 heterocycles. The summed E-state index contributed by atoms with van der Waals surface area (Å²) >= 11 is 0. The maximum atomic E-state index is 14.2. The molecule has 9 nitrogen and oxygen atoms in total. The summed E-state index contributed by atoms with van der Waals surface area (Å²) in [6.45, 7) is 2.98. The second-order valence-electron chi connectivity index (χ2n) is 6.64. The topological polar surface area (TPSA) is 111 Å². The fraction of sp³-hybridized carbons (Fsp3) is 0.190. The van der Waals surface area contributed by atoms with Gasteiger partial charge < -0.3 is 15.2 Å². The molecule has 1 amide bonds. The summed E-state index contributed by atoms with van der Waals surface area (Å²) in [7, 11) is 0. The monoisotopic (exact) mass is 421 g/mol. The van der Waals surface area contributed by atoms with Gasteiger partial charge in [-0.05, 0) is 24.7 Å². The molecule has 0 saturated heterocycles. The summed E-state index contributed by atoms with van der Waals surface area (Å²) in [5.41, 5.74) is 2.10. The van der Waals surface area contributed by atoms with Gasteiger partial charge in [0.1, 0.15) is 29.3 Å². The maximum Gasteiger partial charge on any atom is 0.239 e. The molecule has 0 fully saturated rings. The zero-order valence-electron chi connectivity index (χ0n) is 16.7. The minimum atomic E-state index is -0.327. The summed E-state index contributed by atoms with van der Waals surface area (Å²) in [5, 5.41) is 14.2. The van der Waals surface area contributed by atoms with Crippen LogP contribution in [0.5, 0.6) is 0 Å². The summed E-state index contributed by atoms with van der Waals surface area (Å²) < 4.78 is 20.8. The molecule has 2 N–H and O–H groups in total. The van der Waals surface area contributed by atoms with Gasteiger partial charge in [0.15, 0.2) is 5.82 Å². The molecule has 1 aromatic carbocycles. The van der Waals surface area contributed by atoms with Crippen LogP contribution in [0.15, 0.2) is 59.4 Å². The SMILES string of the molecule is CCNCC(=O)Nc1ccnc(-c2cc(-c3ccon3)n(Cc3ccccc3F)n2)n1. The lowest BCUT2D eigenvalue weighted by Crippen LogP contribution is -2.28. The first-order valence-corrected chi connectivity index (χ1v) is 9.70. The van der Waals surface area contributed by atoms with E-state index < -0.39 is 0 Å². The molecule has 0 unspecified atom stereocenters. The Morgan fingerprint density at radius 3 is 2.84 bits per heavy atom. The van der Waals surface area contributed by atoms with Crippen molar-refractivity contribution in [2.75, 3.05) is 18.4 Å². The average Bonchev–Trinajstić information content (AvgIpc) is 3.44. The standard InChI is InChI=1S/C21H20FN7O2/c1-2-23-12-20(30)25-19-7-9-24-21(26-19)17-11-18(16-8-10-31-28-16)29(27-17)13-14-5-3-4-6-15(14)22/h3-11,23H,2,12-13H2,1H3,(H,24,25,26,30). The van der Waals surface area contributed by atoms with E-state index in [0.717, 1.165) is 0 Å². The second kappa shape index (κ2) is 9.26. The molecule has 4 aromatic rings. The van der Waals surface area contributed by atoms with Gasteiger partial charge >= 0.3 is 0 Å². The summed E-state index contributed by atoms with van der Waals surface area (Å²) in [6, 6.07) is 11.5. The molecule has 0 aliphatic heterocycles. The minimum Gasteiger partial charge on any atom is -0.364 e. The molecule has 0 radical (unpaired) electrons. The Balaban J connectivity index is 1.66. The van der Waals surface area contributed by atoms with Gasteiger partial charge in [0.2, 0.25) is 5.91 Å². The summed E-state index contributed by atoms with van der Waals surface area (Å²) in [5.74, 6) is 0.144. The van der Waals surface area contributed by atoms with Gasteiger partial charge in [-0.3, -0.25) is 9.48 Å². The second-order valence-corrected chi connectivity index (χ2v) is 6.64. The Kier molecular flexibility index (Phi) is 6.08. The minimum absolute atomic E-state index is 0.184. The van der Waals surface area contributed by atoms with Gasteiger partial charge in [-0.25, -0.2) is 14.4 Å². The number of nitrogens with zero attached hydrogens (tertiary/aromatic N) is 5. The number of anilines is 1. The van der Waals surface area contributed by atoms with Gasteiger partial charge in [0.05, 0.1) is 18.8 Å². The van der Waals surface area contributed by atoms with Gasteiger partial charge in [-0.1, -0.05) is 30.3 Å². The largest absolute Gasteiger partial charge is 0.364 e. The molecule has 0 bridgehead atoms. The Morgan fingerprint density at radius 1 is 1.19 bits per heavy atom. The first-order valence-electron chi connectivity index (χ1n) is 9.70. The number of carbonyl (C=O) groups excluding carboxylic acids is 1. The van der Waals surface area contributed by atoms with Crippen LogP contribution in [0.2, 0.25) is 0 Å². The number of halogens is 1. The van der Waals surface area contributed by atoms with E-state index in [0.29, 0.717) is 40.8 Å². The Bertz CT molecular complexity index is 1170. The van der Waals surface area contributed by atoms with Crippen molar-refractivity contribution in [3.05, 3.63) is 66.3 Å². The predicted molar refractivity (Wildman–Crippen MR) is 111 cm³/mol. The van der Waals surface area contributed by atoms with E-state index in [9.17, 15) is 9.18 Å². The third-order valence-electron chi connectivity index (χ3n) is 4.45. The maximum absolute atomic E-state index is 14.2. The highest BCUT2D eigenvalue weighted by Gasteiger charge is 2.17. The van der Waals surface area contributed by atoms with Crippen molar-refractivity contribution in [1.29, 1.82) is 0 Å². The molecule has 4 rings (SSSR count). The normalized spacial score (nSPS) is 10.9. The van der Waals surface area contributed by atoms with Crippen LogP contribution in [0, 0.1) is 5.82 Å². The van der Waals surface area contributed by atoms with Crippen molar-refractivity contribution in [3.63, 3.8) is 0 Å². The number of rotatable bonds is 8. The van der Waals surface area contributed by atoms with Crippen LogP contribution in [0.25, 0.3) is 22.9 Å². The van der Waals surface area contributed by atoms with Crippen LogP contribution in [-0.2, 0) is 11.3 Å². The first kappa shape index (κ1) is 20.4. The molecule has 0 aliphatic carbocycles. The van der Waals surface area contributed by atoms with Crippen LogP contribution in [-0.4, -0.2) is 43.9 Å². The highest BCUT2D eigenvalue weighted by molar-refractivity contribution is 5.91. The quantitative estimate of drug-likeness (QED) is 0.450. The van der Waals surface area contributed by atoms with Crippen LogP contribution in [0.3, 0.4) is 0 Å². The van der Waals surface area contributed by atoms with Gasteiger partial charge in [0, 0.05) is 17.8 Å². The zero-order valence-corrected chi connectivity index (χ0v) is 16.7. The molecular formula is C21H20FN7O2. The number of nitrogens with one attached hydrogen (secondary N) is 2. The smallest absolute Gasteiger partial charge is 0.239 e. The Morgan fingerprint density at radius 2 is 2.06 bits per heavy atom. The number of carbonyl (C=O) groups is 1. The molecule has 0 spiro atoms. The van der Waals surface area contributed by atoms with Gasteiger partial charge in [-0.2, -0.15) is 5.10 Å². The summed E-state index contributed by atoms with van der Waals surface area (Å²) in [6.07, 6.45) is 2.99. The molecule has 0 atom stereocenters. The van der Waals surface area contributed by atoms with Crippen molar-refractivity contribution in [2.24, 2.45) is 0 Å². The van der Waals surface area contributed by atoms with Crippen molar-refractivity contribution in [3.8, 4) is 22.9 Å². The van der Waals surface area contributed by atoms with Gasteiger partial charge in [0.25, 0.3) is 0 Å².